The first-order valence-corrected chi connectivity index (χ1v) is 11.7. The van der Waals surface area contributed by atoms with Gasteiger partial charge in [0.2, 0.25) is 21.8 Å². The zero-order valence-electron chi connectivity index (χ0n) is 17.7. The molecule has 0 aromatic heterocycles. The molecular formula is C22H27N3O4S. The predicted molar refractivity (Wildman–Crippen MR) is 120 cm³/mol. The van der Waals surface area contributed by atoms with Crippen molar-refractivity contribution in [1.82, 2.24) is 0 Å². The first-order valence-electron chi connectivity index (χ1n) is 9.82. The Bertz CT molecular complexity index is 1080. The normalized spacial score (nSPS) is 14.1. The fourth-order valence-electron chi connectivity index (χ4n) is 3.77. The Labute approximate surface area is 177 Å². The molecular weight excluding hydrogens is 402 g/mol. The molecule has 0 aliphatic carbocycles. The fraction of sp³-hybridized carbons (Fsp3) is 0.364. The summed E-state index contributed by atoms with van der Waals surface area (Å²) in [6.45, 7) is 5.87. The smallest absolute Gasteiger partial charge is 0.245 e. The van der Waals surface area contributed by atoms with E-state index in [4.69, 9.17) is 0 Å². The first kappa shape index (κ1) is 21.8. The summed E-state index contributed by atoms with van der Waals surface area (Å²) in [5.41, 5.74) is 4.30. The van der Waals surface area contributed by atoms with Crippen molar-refractivity contribution in [2.24, 2.45) is 0 Å². The summed E-state index contributed by atoms with van der Waals surface area (Å²) in [5.74, 6) is -0.384. The van der Waals surface area contributed by atoms with Gasteiger partial charge < -0.3 is 10.2 Å². The van der Waals surface area contributed by atoms with Crippen LogP contribution in [0.2, 0.25) is 0 Å². The van der Waals surface area contributed by atoms with E-state index >= 15 is 0 Å². The highest BCUT2D eigenvalue weighted by Gasteiger charge is 2.25. The second-order valence-corrected chi connectivity index (χ2v) is 9.62. The molecule has 2 aromatic rings. The van der Waals surface area contributed by atoms with Gasteiger partial charge in [-0.1, -0.05) is 24.3 Å². The lowest BCUT2D eigenvalue weighted by atomic mass is 10.1. The highest BCUT2D eigenvalue weighted by atomic mass is 32.2. The maximum absolute atomic E-state index is 12.7. The van der Waals surface area contributed by atoms with Crippen LogP contribution in [0.25, 0.3) is 0 Å². The Morgan fingerprint density at radius 2 is 1.77 bits per heavy atom. The molecule has 1 aliphatic rings. The molecule has 160 valence electrons. The van der Waals surface area contributed by atoms with Gasteiger partial charge in [0.25, 0.3) is 0 Å². The van der Waals surface area contributed by atoms with Crippen LogP contribution in [0.3, 0.4) is 0 Å². The molecule has 1 fully saturated rings. The van der Waals surface area contributed by atoms with E-state index in [1.54, 1.807) is 17.0 Å². The number of hydrogen-bond acceptors (Lipinski definition) is 4. The highest BCUT2D eigenvalue weighted by Crippen LogP contribution is 2.29. The lowest BCUT2D eigenvalue weighted by Crippen LogP contribution is -2.38. The van der Waals surface area contributed by atoms with Gasteiger partial charge in [-0.05, 0) is 56.0 Å². The zero-order chi connectivity index (χ0) is 22.1. The summed E-state index contributed by atoms with van der Waals surface area (Å²) in [4.78, 5) is 26.6. The lowest BCUT2D eigenvalue weighted by molar-refractivity contribution is -0.117. The van der Waals surface area contributed by atoms with Crippen molar-refractivity contribution in [3.63, 3.8) is 0 Å². The van der Waals surface area contributed by atoms with Crippen LogP contribution >= 0.6 is 0 Å². The molecule has 1 aliphatic heterocycles. The van der Waals surface area contributed by atoms with Crippen molar-refractivity contribution < 1.29 is 18.0 Å². The molecule has 0 atom stereocenters. The van der Waals surface area contributed by atoms with Crippen molar-refractivity contribution in [2.45, 2.75) is 33.6 Å². The van der Waals surface area contributed by atoms with E-state index in [9.17, 15) is 18.0 Å². The number of amides is 2. The molecule has 0 saturated carbocycles. The van der Waals surface area contributed by atoms with Crippen LogP contribution in [0, 0.1) is 20.8 Å². The molecule has 8 heteroatoms. The Kier molecular flexibility index (Phi) is 6.17. The number of nitrogens with zero attached hydrogens (tertiary/aromatic N) is 2. The molecule has 3 rings (SSSR count). The first-order chi connectivity index (χ1) is 14.1. The number of rotatable bonds is 6. The van der Waals surface area contributed by atoms with Crippen LogP contribution < -0.4 is 14.5 Å². The number of sulfonamides is 1. The maximum atomic E-state index is 12.7. The minimum absolute atomic E-state index is 0.0693. The molecule has 0 unspecified atom stereocenters. The van der Waals surface area contributed by atoms with Gasteiger partial charge in [0.15, 0.2) is 0 Å². The Balaban J connectivity index is 1.84. The van der Waals surface area contributed by atoms with Crippen LogP contribution in [0.15, 0.2) is 36.4 Å². The van der Waals surface area contributed by atoms with Gasteiger partial charge in [0.05, 0.1) is 11.9 Å². The predicted octanol–water partition coefficient (Wildman–Crippen LogP) is 3.14. The average Bonchev–Trinajstić information content (AvgIpc) is 3.07. The van der Waals surface area contributed by atoms with Crippen LogP contribution in [-0.2, 0) is 19.6 Å². The van der Waals surface area contributed by atoms with E-state index in [2.05, 4.69) is 5.32 Å². The van der Waals surface area contributed by atoms with Gasteiger partial charge in [0, 0.05) is 24.3 Å². The number of aryl methyl sites for hydroxylation is 3. The molecule has 0 spiro atoms. The Hall–Kier alpha value is -2.87. The molecule has 0 bridgehead atoms. The second kappa shape index (κ2) is 8.47. The van der Waals surface area contributed by atoms with Crippen molar-refractivity contribution in [1.29, 1.82) is 0 Å². The number of carbonyl (C=O) groups excluding carboxylic acids is 2. The number of para-hydroxylation sites is 1. The molecule has 0 radical (unpaired) electrons. The summed E-state index contributed by atoms with van der Waals surface area (Å²) in [6, 6.07) is 10.8. The van der Waals surface area contributed by atoms with Gasteiger partial charge in [-0.25, -0.2) is 8.42 Å². The van der Waals surface area contributed by atoms with Crippen LogP contribution in [-0.4, -0.2) is 39.6 Å². The third-order valence-corrected chi connectivity index (χ3v) is 6.35. The number of nitrogens with one attached hydrogen (secondary N) is 1. The van der Waals surface area contributed by atoms with Gasteiger partial charge in [-0.15, -0.1) is 0 Å². The number of benzene rings is 2. The van der Waals surface area contributed by atoms with Gasteiger partial charge in [-0.2, -0.15) is 0 Å². The van der Waals surface area contributed by atoms with E-state index in [1.165, 1.54) is 0 Å². The van der Waals surface area contributed by atoms with E-state index in [0.717, 1.165) is 39.4 Å². The molecule has 2 amide bonds. The van der Waals surface area contributed by atoms with E-state index in [0.29, 0.717) is 24.3 Å². The van der Waals surface area contributed by atoms with Crippen molar-refractivity contribution in [2.75, 3.05) is 33.9 Å². The Morgan fingerprint density at radius 1 is 1.10 bits per heavy atom. The summed E-state index contributed by atoms with van der Waals surface area (Å²) in [6.07, 6.45) is 2.43. The molecule has 1 heterocycles. The quantitative estimate of drug-likeness (QED) is 0.764. The van der Waals surface area contributed by atoms with E-state index in [1.807, 2.05) is 45.0 Å². The summed E-state index contributed by atoms with van der Waals surface area (Å²) in [5, 5.41) is 2.78. The van der Waals surface area contributed by atoms with Crippen LogP contribution in [0.4, 0.5) is 17.1 Å². The topological polar surface area (TPSA) is 86.8 Å². The second-order valence-electron chi connectivity index (χ2n) is 7.71. The maximum Gasteiger partial charge on any atom is 0.245 e. The summed E-state index contributed by atoms with van der Waals surface area (Å²) < 4.78 is 26.0. The highest BCUT2D eigenvalue weighted by molar-refractivity contribution is 7.92. The minimum Gasteiger partial charge on any atom is -0.324 e. The SMILES string of the molecule is Cc1ccc(NC(=O)CN(c2c(C)cccc2C)S(C)(=O)=O)cc1N1CCCC1=O. The zero-order valence-corrected chi connectivity index (χ0v) is 18.5. The van der Waals surface area contributed by atoms with E-state index in [-0.39, 0.29) is 12.5 Å². The molecule has 30 heavy (non-hydrogen) atoms. The standard InChI is InChI=1S/C22H27N3O4S/c1-15-10-11-18(13-19(15)24-12-6-9-21(24)27)23-20(26)14-25(30(4,28)29)22-16(2)7-5-8-17(22)3/h5,7-8,10-11,13H,6,9,12,14H2,1-4H3,(H,23,26). The summed E-state index contributed by atoms with van der Waals surface area (Å²) in [7, 11) is -3.67. The van der Waals surface area contributed by atoms with E-state index < -0.39 is 15.9 Å². The van der Waals surface area contributed by atoms with Crippen LogP contribution in [0.1, 0.15) is 29.5 Å². The van der Waals surface area contributed by atoms with Gasteiger partial charge in [-0.3, -0.25) is 13.9 Å². The van der Waals surface area contributed by atoms with Crippen LogP contribution in [0.5, 0.6) is 0 Å². The van der Waals surface area contributed by atoms with Gasteiger partial charge in [0.1, 0.15) is 6.54 Å². The Morgan fingerprint density at radius 3 is 2.33 bits per heavy atom. The fourth-order valence-corrected chi connectivity index (χ4v) is 4.74. The van der Waals surface area contributed by atoms with Gasteiger partial charge >= 0.3 is 0 Å². The monoisotopic (exact) mass is 429 g/mol. The van der Waals surface area contributed by atoms with Crippen molar-refractivity contribution in [3.05, 3.63) is 53.1 Å². The van der Waals surface area contributed by atoms with Crippen molar-refractivity contribution in [3.8, 4) is 0 Å². The molecule has 7 nitrogen and oxygen atoms in total. The number of hydrogen-bond donors (Lipinski definition) is 1. The minimum atomic E-state index is -3.67. The molecule has 2 aromatic carbocycles. The lowest BCUT2D eigenvalue weighted by Gasteiger charge is -2.25. The molecule has 1 saturated heterocycles. The largest absolute Gasteiger partial charge is 0.324 e. The average molecular weight is 430 g/mol. The van der Waals surface area contributed by atoms with Crippen molar-refractivity contribution >= 4 is 38.9 Å². The number of anilines is 3. The third kappa shape index (κ3) is 4.64. The number of carbonyl (C=O) groups is 2. The molecule has 1 N–H and O–H groups in total. The summed E-state index contributed by atoms with van der Waals surface area (Å²) >= 11 is 0. The third-order valence-electron chi connectivity index (χ3n) is 5.23.